The van der Waals surface area contributed by atoms with Gasteiger partial charge in [-0.15, -0.1) is 0 Å². The zero-order chi connectivity index (χ0) is 21.2. The van der Waals surface area contributed by atoms with Crippen LogP contribution >= 0.6 is 0 Å². The zero-order valence-corrected chi connectivity index (χ0v) is 16.3. The van der Waals surface area contributed by atoms with Crippen LogP contribution < -0.4 is 10.9 Å². The Morgan fingerprint density at radius 2 is 1.72 bits per heavy atom. The lowest BCUT2D eigenvalue weighted by Crippen LogP contribution is -2.47. The van der Waals surface area contributed by atoms with Crippen LogP contribution in [0.1, 0.15) is 31.1 Å². The molecule has 0 aliphatic heterocycles. The van der Waals surface area contributed by atoms with E-state index < -0.39 is 17.0 Å². The SMILES string of the molecule is CC(=O)c1cccc(NC(=O)C(C)(C)n2nc(-c3ccc(F)cc3)ccc2=O)c1. The Morgan fingerprint density at radius 1 is 1.03 bits per heavy atom. The second-order valence-electron chi connectivity index (χ2n) is 7.13. The molecule has 2 aromatic carbocycles. The Kier molecular flexibility index (Phi) is 5.41. The highest BCUT2D eigenvalue weighted by Crippen LogP contribution is 2.20. The van der Waals surface area contributed by atoms with E-state index >= 15 is 0 Å². The molecule has 0 saturated carbocycles. The predicted octanol–water partition coefficient (Wildman–Crippen LogP) is 3.63. The van der Waals surface area contributed by atoms with Crippen LogP contribution in [0.4, 0.5) is 10.1 Å². The smallest absolute Gasteiger partial charge is 0.267 e. The van der Waals surface area contributed by atoms with E-state index in [0.29, 0.717) is 22.5 Å². The number of ketones is 1. The fourth-order valence-electron chi connectivity index (χ4n) is 2.78. The van der Waals surface area contributed by atoms with Crippen molar-refractivity contribution in [2.75, 3.05) is 5.32 Å². The normalized spacial score (nSPS) is 11.2. The monoisotopic (exact) mass is 393 g/mol. The molecule has 0 bridgehead atoms. The number of benzene rings is 2. The number of carbonyl (C=O) groups is 2. The maximum Gasteiger partial charge on any atom is 0.267 e. The van der Waals surface area contributed by atoms with Gasteiger partial charge in [-0.1, -0.05) is 12.1 Å². The van der Waals surface area contributed by atoms with E-state index in [1.165, 1.54) is 31.2 Å². The third kappa shape index (κ3) is 4.29. The molecule has 29 heavy (non-hydrogen) atoms. The Morgan fingerprint density at radius 3 is 2.38 bits per heavy atom. The molecule has 0 fully saturated rings. The first-order valence-electron chi connectivity index (χ1n) is 8.98. The van der Waals surface area contributed by atoms with Gasteiger partial charge in [-0.3, -0.25) is 14.4 Å². The van der Waals surface area contributed by atoms with E-state index in [1.807, 2.05) is 0 Å². The molecular weight excluding hydrogens is 373 g/mol. The third-order valence-corrected chi connectivity index (χ3v) is 4.55. The van der Waals surface area contributed by atoms with Crippen LogP contribution in [0, 0.1) is 5.82 Å². The van der Waals surface area contributed by atoms with Gasteiger partial charge in [-0.2, -0.15) is 5.10 Å². The molecule has 0 saturated heterocycles. The topological polar surface area (TPSA) is 81.1 Å². The van der Waals surface area contributed by atoms with E-state index in [2.05, 4.69) is 10.4 Å². The lowest BCUT2D eigenvalue weighted by molar-refractivity contribution is -0.123. The van der Waals surface area contributed by atoms with Crippen molar-refractivity contribution in [2.24, 2.45) is 0 Å². The number of Topliss-reactive ketones (excluding diaryl/α,β-unsaturated/α-hetero) is 1. The number of amides is 1. The second-order valence-corrected chi connectivity index (χ2v) is 7.13. The first kappa shape index (κ1) is 20.1. The molecular formula is C22H20FN3O3. The molecule has 0 atom stereocenters. The number of anilines is 1. The van der Waals surface area contributed by atoms with E-state index in [4.69, 9.17) is 0 Å². The van der Waals surface area contributed by atoms with Crippen LogP contribution in [0.3, 0.4) is 0 Å². The molecule has 3 aromatic rings. The fraction of sp³-hybridized carbons (Fsp3) is 0.182. The maximum atomic E-state index is 13.2. The van der Waals surface area contributed by atoms with Gasteiger partial charge >= 0.3 is 0 Å². The number of hydrogen-bond donors (Lipinski definition) is 1. The summed E-state index contributed by atoms with van der Waals surface area (Å²) < 4.78 is 14.3. The summed E-state index contributed by atoms with van der Waals surface area (Å²) >= 11 is 0. The lowest BCUT2D eigenvalue weighted by Gasteiger charge is -2.25. The van der Waals surface area contributed by atoms with Gasteiger partial charge in [0.05, 0.1) is 5.69 Å². The van der Waals surface area contributed by atoms with Crippen molar-refractivity contribution < 1.29 is 14.0 Å². The summed E-state index contributed by atoms with van der Waals surface area (Å²) in [5.41, 5.74) is 0.190. The molecule has 7 heteroatoms. The number of carbonyl (C=O) groups excluding carboxylic acids is 2. The summed E-state index contributed by atoms with van der Waals surface area (Å²) in [6.45, 7) is 4.58. The van der Waals surface area contributed by atoms with E-state index in [-0.39, 0.29) is 11.6 Å². The first-order chi connectivity index (χ1) is 13.7. The number of nitrogens with zero attached hydrogens (tertiary/aromatic N) is 2. The maximum absolute atomic E-state index is 13.2. The van der Waals surface area contributed by atoms with E-state index in [9.17, 15) is 18.8 Å². The molecule has 3 rings (SSSR count). The average molecular weight is 393 g/mol. The summed E-state index contributed by atoms with van der Waals surface area (Å²) in [4.78, 5) is 36.9. The van der Waals surface area contributed by atoms with Crippen LogP contribution in [0.25, 0.3) is 11.3 Å². The number of hydrogen-bond acceptors (Lipinski definition) is 4. The van der Waals surface area contributed by atoms with Gasteiger partial charge in [0.15, 0.2) is 5.78 Å². The molecule has 6 nitrogen and oxygen atoms in total. The molecule has 1 N–H and O–H groups in total. The molecule has 0 spiro atoms. The molecule has 148 valence electrons. The number of rotatable bonds is 5. The highest BCUT2D eigenvalue weighted by molar-refractivity contribution is 5.99. The second kappa shape index (κ2) is 7.79. The minimum Gasteiger partial charge on any atom is -0.324 e. The van der Waals surface area contributed by atoms with Gasteiger partial charge in [0.2, 0.25) is 0 Å². The van der Waals surface area contributed by atoms with Gasteiger partial charge in [0, 0.05) is 22.9 Å². The summed E-state index contributed by atoms with van der Waals surface area (Å²) in [5.74, 6) is -0.969. The van der Waals surface area contributed by atoms with Gasteiger partial charge in [0.1, 0.15) is 11.4 Å². The van der Waals surface area contributed by atoms with Crippen molar-refractivity contribution in [3.63, 3.8) is 0 Å². The van der Waals surface area contributed by atoms with Crippen molar-refractivity contribution in [3.8, 4) is 11.3 Å². The average Bonchev–Trinajstić information content (AvgIpc) is 2.69. The van der Waals surface area contributed by atoms with Crippen molar-refractivity contribution in [1.29, 1.82) is 0 Å². The van der Waals surface area contributed by atoms with E-state index in [1.54, 1.807) is 50.2 Å². The first-order valence-corrected chi connectivity index (χ1v) is 8.98. The minimum atomic E-state index is -1.32. The highest BCUT2D eigenvalue weighted by atomic mass is 19.1. The zero-order valence-electron chi connectivity index (χ0n) is 16.3. The van der Waals surface area contributed by atoms with Gasteiger partial charge < -0.3 is 5.32 Å². The summed E-state index contributed by atoms with van der Waals surface area (Å²) in [6, 6.07) is 15.1. The Bertz CT molecular complexity index is 1130. The van der Waals surface area contributed by atoms with Crippen molar-refractivity contribution in [2.45, 2.75) is 26.3 Å². The van der Waals surface area contributed by atoms with Crippen LogP contribution in [0.5, 0.6) is 0 Å². The molecule has 1 heterocycles. The third-order valence-electron chi connectivity index (χ3n) is 4.55. The summed E-state index contributed by atoms with van der Waals surface area (Å²) in [7, 11) is 0. The van der Waals surface area contributed by atoms with Crippen molar-refractivity contribution in [3.05, 3.63) is 82.4 Å². The van der Waals surface area contributed by atoms with Gasteiger partial charge in [0.25, 0.3) is 11.5 Å². The van der Waals surface area contributed by atoms with Crippen LogP contribution in [-0.4, -0.2) is 21.5 Å². The standard InChI is InChI=1S/C22H20FN3O3/c1-14(27)16-5-4-6-18(13-16)24-21(29)22(2,3)26-20(28)12-11-19(25-26)15-7-9-17(23)10-8-15/h4-13H,1-3H3,(H,24,29). The number of nitrogens with one attached hydrogen (secondary N) is 1. The molecule has 0 aliphatic rings. The van der Waals surface area contributed by atoms with Gasteiger partial charge in [-0.25, -0.2) is 9.07 Å². The van der Waals surface area contributed by atoms with Crippen LogP contribution in [-0.2, 0) is 10.3 Å². The summed E-state index contributed by atoms with van der Waals surface area (Å²) in [6.07, 6.45) is 0. The molecule has 1 aromatic heterocycles. The lowest BCUT2D eigenvalue weighted by atomic mass is 10.0. The van der Waals surface area contributed by atoms with Crippen molar-refractivity contribution in [1.82, 2.24) is 9.78 Å². The Hall–Kier alpha value is -3.61. The molecule has 0 aliphatic carbocycles. The Balaban J connectivity index is 1.93. The quantitative estimate of drug-likeness (QED) is 0.671. The van der Waals surface area contributed by atoms with Crippen molar-refractivity contribution >= 4 is 17.4 Å². The Labute approximate surface area is 167 Å². The highest BCUT2D eigenvalue weighted by Gasteiger charge is 2.32. The molecule has 0 radical (unpaired) electrons. The minimum absolute atomic E-state index is 0.120. The summed E-state index contributed by atoms with van der Waals surface area (Å²) in [5, 5.41) is 7.05. The van der Waals surface area contributed by atoms with Gasteiger partial charge in [-0.05, 0) is 63.2 Å². The fourth-order valence-corrected chi connectivity index (χ4v) is 2.78. The molecule has 1 amide bonds. The number of halogens is 1. The predicted molar refractivity (Wildman–Crippen MR) is 108 cm³/mol. The van der Waals surface area contributed by atoms with Crippen LogP contribution in [0.15, 0.2) is 65.5 Å². The van der Waals surface area contributed by atoms with Crippen LogP contribution in [0.2, 0.25) is 0 Å². The van der Waals surface area contributed by atoms with E-state index in [0.717, 1.165) is 4.68 Å². The number of aromatic nitrogens is 2. The molecule has 0 unspecified atom stereocenters. The largest absolute Gasteiger partial charge is 0.324 e.